The largest absolute Gasteiger partial charge is 0.281 e. The zero-order chi connectivity index (χ0) is 15.9. The molecule has 1 aromatic carbocycles. The van der Waals surface area contributed by atoms with E-state index in [1.807, 2.05) is 32.9 Å². The third-order valence-corrected chi connectivity index (χ3v) is 5.54. The maximum atomic E-state index is 12.8. The van der Waals surface area contributed by atoms with Crippen molar-refractivity contribution in [1.82, 2.24) is 14.6 Å². The Balaban J connectivity index is 2.14. The molecule has 3 aromatic rings. The van der Waals surface area contributed by atoms with Gasteiger partial charge in [0.05, 0.1) is 11.4 Å². The quantitative estimate of drug-likeness (QED) is 0.795. The molecule has 0 unspecified atom stereocenters. The number of nitrogens with one attached hydrogen (secondary N) is 1. The molecule has 0 atom stereocenters. The number of fused-ring (bicyclic) bond motifs is 1. The van der Waals surface area contributed by atoms with Crippen molar-refractivity contribution in [3.05, 3.63) is 40.5 Å². The highest BCUT2D eigenvalue weighted by molar-refractivity contribution is 7.92. The van der Waals surface area contributed by atoms with E-state index < -0.39 is 10.0 Å². The second kappa shape index (κ2) is 5.36. The smallest absolute Gasteiger partial charge is 0.278 e. The number of rotatable bonds is 4. The van der Waals surface area contributed by atoms with Gasteiger partial charge in [-0.05, 0) is 31.9 Å². The van der Waals surface area contributed by atoms with Gasteiger partial charge in [0, 0.05) is 0 Å². The minimum Gasteiger partial charge on any atom is -0.278 e. The molecule has 3 rings (SSSR count). The lowest BCUT2D eigenvalue weighted by Crippen LogP contribution is -2.17. The summed E-state index contributed by atoms with van der Waals surface area (Å²) in [5.41, 5.74) is 1.95. The fraction of sp³-hybridized carbons (Fsp3) is 0.286. The first-order valence-corrected chi connectivity index (χ1v) is 9.16. The Morgan fingerprint density at radius 1 is 1.27 bits per heavy atom. The highest BCUT2D eigenvalue weighted by atomic mass is 32.2. The molecule has 0 amide bonds. The summed E-state index contributed by atoms with van der Waals surface area (Å²) >= 11 is 1.38. The molecule has 2 heterocycles. The molecule has 0 bridgehead atoms. The second-order valence-corrected chi connectivity index (χ2v) is 7.71. The molecule has 6 nitrogen and oxygen atoms in total. The van der Waals surface area contributed by atoms with Crippen LogP contribution < -0.4 is 4.72 Å². The Kier molecular flexibility index (Phi) is 3.65. The maximum Gasteiger partial charge on any atom is 0.281 e. The topological polar surface area (TPSA) is 76.4 Å². The summed E-state index contributed by atoms with van der Waals surface area (Å²) in [6.45, 7) is 5.57. The van der Waals surface area contributed by atoms with Gasteiger partial charge in [-0.1, -0.05) is 36.5 Å². The van der Waals surface area contributed by atoms with Gasteiger partial charge in [0.15, 0.2) is 0 Å². The van der Waals surface area contributed by atoms with Crippen molar-refractivity contribution < 1.29 is 8.42 Å². The van der Waals surface area contributed by atoms with E-state index >= 15 is 0 Å². The van der Waals surface area contributed by atoms with Gasteiger partial charge in [0.1, 0.15) is 5.01 Å². The first-order valence-electron chi connectivity index (χ1n) is 6.86. The number of nitrogens with zero attached hydrogens (tertiary/aromatic N) is 3. The van der Waals surface area contributed by atoms with Crippen LogP contribution in [-0.2, 0) is 16.4 Å². The Morgan fingerprint density at radius 2 is 2.00 bits per heavy atom. The van der Waals surface area contributed by atoms with Crippen molar-refractivity contribution in [3.63, 3.8) is 0 Å². The molecular weight excluding hydrogens is 320 g/mol. The van der Waals surface area contributed by atoms with Crippen LogP contribution in [0.4, 0.5) is 5.69 Å². The SMILES string of the molecule is CCc1nc2sc(C)nn2c1S(=O)(=O)Nc1ccccc1C. The second-order valence-electron chi connectivity index (χ2n) is 4.95. The monoisotopic (exact) mass is 336 g/mol. The van der Waals surface area contributed by atoms with Crippen LogP contribution in [0.5, 0.6) is 0 Å². The zero-order valence-corrected chi connectivity index (χ0v) is 14.1. The van der Waals surface area contributed by atoms with Gasteiger partial charge in [-0.3, -0.25) is 4.72 Å². The lowest BCUT2D eigenvalue weighted by molar-refractivity contribution is 0.591. The maximum absolute atomic E-state index is 12.8. The number of aryl methyl sites for hydroxylation is 3. The third-order valence-electron chi connectivity index (χ3n) is 3.31. The summed E-state index contributed by atoms with van der Waals surface area (Å²) in [5, 5.41) is 5.16. The molecule has 0 saturated carbocycles. The Bertz CT molecular complexity index is 941. The van der Waals surface area contributed by atoms with E-state index in [0.717, 1.165) is 10.6 Å². The van der Waals surface area contributed by atoms with E-state index in [2.05, 4.69) is 14.8 Å². The molecule has 0 aliphatic heterocycles. The third kappa shape index (κ3) is 2.48. The van der Waals surface area contributed by atoms with Gasteiger partial charge < -0.3 is 0 Å². The lowest BCUT2D eigenvalue weighted by atomic mass is 10.2. The highest BCUT2D eigenvalue weighted by Crippen LogP contribution is 2.25. The van der Waals surface area contributed by atoms with E-state index in [1.165, 1.54) is 15.9 Å². The number of benzene rings is 1. The highest BCUT2D eigenvalue weighted by Gasteiger charge is 2.27. The molecule has 2 aromatic heterocycles. The van der Waals surface area contributed by atoms with Crippen molar-refractivity contribution in [2.24, 2.45) is 0 Å². The van der Waals surface area contributed by atoms with Gasteiger partial charge in [-0.2, -0.15) is 18.0 Å². The molecule has 8 heteroatoms. The van der Waals surface area contributed by atoms with Crippen molar-refractivity contribution >= 4 is 32.0 Å². The Morgan fingerprint density at radius 3 is 2.68 bits per heavy atom. The van der Waals surface area contributed by atoms with Crippen LogP contribution in [0.1, 0.15) is 23.2 Å². The van der Waals surface area contributed by atoms with E-state index in [9.17, 15) is 8.42 Å². The molecular formula is C14H16N4O2S2. The van der Waals surface area contributed by atoms with Crippen molar-refractivity contribution in [2.45, 2.75) is 32.2 Å². The minimum absolute atomic E-state index is 0.123. The number of hydrogen-bond acceptors (Lipinski definition) is 5. The number of imidazole rings is 1. The normalized spacial score (nSPS) is 12.0. The lowest BCUT2D eigenvalue weighted by Gasteiger charge is -2.10. The number of hydrogen-bond donors (Lipinski definition) is 1. The fourth-order valence-corrected chi connectivity index (χ4v) is 4.54. The van der Waals surface area contributed by atoms with Crippen LogP contribution in [0.2, 0.25) is 0 Å². The van der Waals surface area contributed by atoms with E-state index in [4.69, 9.17) is 0 Å². The zero-order valence-electron chi connectivity index (χ0n) is 12.5. The Hall–Kier alpha value is -1.93. The molecule has 1 N–H and O–H groups in total. The van der Waals surface area contributed by atoms with Crippen LogP contribution in [0.15, 0.2) is 29.3 Å². The predicted octanol–water partition coefficient (Wildman–Crippen LogP) is 2.77. The van der Waals surface area contributed by atoms with E-state index in [-0.39, 0.29) is 5.03 Å². The Labute approximate surface area is 132 Å². The molecule has 0 radical (unpaired) electrons. The van der Waals surface area contributed by atoms with Crippen LogP contribution >= 0.6 is 11.3 Å². The summed E-state index contributed by atoms with van der Waals surface area (Å²) in [7, 11) is -3.75. The number of sulfonamides is 1. The van der Waals surface area contributed by atoms with Gasteiger partial charge in [0.25, 0.3) is 10.0 Å². The van der Waals surface area contributed by atoms with E-state index in [1.54, 1.807) is 12.1 Å². The van der Waals surface area contributed by atoms with Gasteiger partial charge >= 0.3 is 0 Å². The molecule has 0 aliphatic carbocycles. The minimum atomic E-state index is -3.75. The summed E-state index contributed by atoms with van der Waals surface area (Å²) in [4.78, 5) is 4.98. The van der Waals surface area contributed by atoms with Crippen molar-refractivity contribution in [3.8, 4) is 0 Å². The van der Waals surface area contributed by atoms with Gasteiger partial charge in [-0.25, -0.2) is 4.98 Å². The van der Waals surface area contributed by atoms with Crippen LogP contribution in [0, 0.1) is 13.8 Å². The predicted molar refractivity (Wildman–Crippen MR) is 87.0 cm³/mol. The number of aromatic nitrogens is 3. The fourth-order valence-electron chi connectivity index (χ4n) is 2.25. The van der Waals surface area contributed by atoms with E-state index in [0.29, 0.717) is 22.8 Å². The summed E-state index contributed by atoms with van der Waals surface area (Å²) in [6, 6.07) is 7.26. The number of para-hydroxylation sites is 1. The first-order chi connectivity index (χ1) is 10.4. The molecule has 0 saturated heterocycles. The molecule has 0 fully saturated rings. The standard InChI is InChI=1S/C14H16N4O2S2/c1-4-11-13(18-14(15-11)21-10(3)16-18)22(19,20)17-12-8-6-5-7-9(12)2/h5-8,17H,4H2,1-3H3. The summed E-state index contributed by atoms with van der Waals surface area (Å²) in [5.74, 6) is 0. The average Bonchev–Trinajstić information content (AvgIpc) is 2.96. The molecule has 22 heavy (non-hydrogen) atoms. The molecule has 0 spiro atoms. The van der Waals surface area contributed by atoms with Crippen LogP contribution in [0.25, 0.3) is 4.96 Å². The van der Waals surface area contributed by atoms with Crippen LogP contribution in [0.3, 0.4) is 0 Å². The molecule has 116 valence electrons. The van der Waals surface area contributed by atoms with Crippen molar-refractivity contribution in [1.29, 1.82) is 0 Å². The van der Waals surface area contributed by atoms with Gasteiger partial charge in [-0.15, -0.1) is 0 Å². The number of anilines is 1. The molecule has 0 aliphatic rings. The van der Waals surface area contributed by atoms with Gasteiger partial charge in [0.2, 0.25) is 9.99 Å². The average molecular weight is 336 g/mol. The van der Waals surface area contributed by atoms with Crippen molar-refractivity contribution in [2.75, 3.05) is 4.72 Å². The first kappa shape index (κ1) is 15.0. The summed E-state index contributed by atoms with van der Waals surface area (Å²) in [6.07, 6.45) is 0.527. The van der Waals surface area contributed by atoms with Crippen LogP contribution in [-0.4, -0.2) is 23.0 Å². The summed E-state index contributed by atoms with van der Waals surface area (Å²) < 4.78 is 29.7.